The number of benzene rings is 2. The summed E-state index contributed by atoms with van der Waals surface area (Å²) in [5.41, 5.74) is 1.66. The molecule has 1 aliphatic carbocycles. The molecule has 0 radical (unpaired) electrons. The van der Waals surface area contributed by atoms with Gasteiger partial charge in [-0.05, 0) is 48.9 Å². The summed E-state index contributed by atoms with van der Waals surface area (Å²) < 4.78 is 15.0. The van der Waals surface area contributed by atoms with Gasteiger partial charge in [0.2, 0.25) is 11.8 Å². The molecule has 1 heterocycles. The predicted octanol–water partition coefficient (Wildman–Crippen LogP) is 5.57. The van der Waals surface area contributed by atoms with Gasteiger partial charge in [0, 0.05) is 22.2 Å². The summed E-state index contributed by atoms with van der Waals surface area (Å²) in [6, 6.07) is 16.4. The normalized spacial score (nSPS) is 14.8. The molecular weight excluding hydrogens is 423 g/mol. The smallest absolute Gasteiger partial charge is 0.248 e. The Kier molecular flexibility index (Phi) is 7.00. The number of aryl methyl sites for hydroxylation is 1. The van der Waals surface area contributed by atoms with Gasteiger partial charge in [-0.1, -0.05) is 55.3 Å². The number of rotatable bonds is 7. The van der Waals surface area contributed by atoms with Crippen LogP contribution in [0.25, 0.3) is 0 Å². The minimum absolute atomic E-state index is 0.0582. The summed E-state index contributed by atoms with van der Waals surface area (Å²) >= 11 is 1.49. The average molecular weight is 451 g/mol. The summed E-state index contributed by atoms with van der Waals surface area (Å²) in [4.78, 5) is 29.7. The second-order valence-electron chi connectivity index (χ2n) is 8.22. The maximum atomic E-state index is 15.0. The first-order chi connectivity index (χ1) is 15.5. The van der Waals surface area contributed by atoms with Crippen LogP contribution < -0.4 is 10.2 Å². The number of thiophene rings is 1. The van der Waals surface area contributed by atoms with Gasteiger partial charge < -0.3 is 5.32 Å². The molecule has 3 aromatic rings. The van der Waals surface area contributed by atoms with Crippen LogP contribution in [0.4, 0.5) is 10.1 Å². The summed E-state index contributed by atoms with van der Waals surface area (Å²) in [5.74, 6) is -1.08. The lowest BCUT2D eigenvalue weighted by Gasteiger charge is -2.33. The number of nitrogens with zero attached hydrogens (tertiary/aromatic N) is 1. The first kappa shape index (κ1) is 22.2. The molecule has 1 atom stereocenters. The predicted molar refractivity (Wildman–Crippen MR) is 126 cm³/mol. The van der Waals surface area contributed by atoms with E-state index in [1.54, 1.807) is 18.2 Å². The fourth-order valence-electron chi connectivity index (χ4n) is 4.34. The molecular formula is C26H27FN2O2S. The van der Waals surface area contributed by atoms with Crippen molar-refractivity contribution in [2.24, 2.45) is 0 Å². The zero-order valence-corrected chi connectivity index (χ0v) is 18.9. The summed E-state index contributed by atoms with van der Waals surface area (Å²) in [6.07, 6.45) is 4.09. The Morgan fingerprint density at radius 1 is 1.06 bits per heavy atom. The largest absolute Gasteiger partial charge is 0.351 e. The number of carbonyl (C=O) groups is 2. The molecule has 0 saturated heterocycles. The molecule has 1 unspecified atom stereocenters. The number of hydrogen-bond acceptors (Lipinski definition) is 3. The van der Waals surface area contributed by atoms with Gasteiger partial charge in [-0.15, -0.1) is 11.3 Å². The fraction of sp³-hybridized carbons (Fsp3) is 0.308. The number of nitrogens with one attached hydrogen (secondary N) is 1. The standard InChI is InChI=1S/C26H27FN2O2S/c1-18-9-2-7-15-23(18)29(24(30)17-20-12-8-16-32-20)25(21-13-5-6-14-22(21)27)26(31)28-19-10-3-4-11-19/h2,5-9,12-16,19,25H,3-4,10-11,17H2,1H3,(H,28,31). The van der Waals surface area contributed by atoms with E-state index in [0.29, 0.717) is 5.69 Å². The molecule has 2 amide bonds. The minimum atomic E-state index is -1.09. The second kappa shape index (κ2) is 10.1. The molecule has 166 valence electrons. The molecule has 1 fully saturated rings. The van der Waals surface area contributed by atoms with Crippen molar-refractivity contribution in [1.29, 1.82) is 0 Å². The second-order valence-corrected chi connectivity index (χ2v) is 9.25. The first-order valence-corrected chi connectivity index (χ1v) is 11.9. The molecule has 32 heavy (non-hydrogen) atoms. The zero-order chi connectivity index (χ0) is 22.5. The van der Waals surface area contributed by atoms with Crippen molar-refractivity contribution in [2.45, 2.75) is 51.1 Å². The number of amides is 2. The van der Waals surface area contributed by atoms with E-state index in [0.717, 1.165) is 36.1 Å². The van der Waals surface area contributed by atoms with E-state index < -0.39 is 11.9 Å². The first-order valence-electron chi connectivity index (χ1n) is 11.0. The maximum Gasteiger partial charge on any atom is 0.248 e. The Morgan fingerprint density at radius 2 is 1.78 bits per heavy atom. The van der Waals surface area contributed by atoms with Crippen molar-refractivity contribution < 1.29 is 14.0 Å². The molecule has 1 aliphatic rings. The summed E-state index contributed by atoms with van der Waals surface area (Å²) in [7, 11) is 0. The highest BCUT2D eigenvalue weighted by Crippen LogP contribution is 2.33. The van der Waals surface area contributed by atoms with E-state index in [4.69, 9.17) is 0 Å². The number of para-hydroxylation sites is 1. The van der Waals surface area contributed by atoms with Crippen LogP contribution in [0.5, 0.6) is 0 Å². The number of anilines is 1. The third-order valence-electron chi connectivity index (χ3n) is 5.96. The summed E-state index contributed by atoms with van der Waals surface area (Å²) in [6.45, 7) is 1.90. The molecule has 1 N–H and O–H groups in total. The molecule has 6 heteroatoms. The molecule has 2 aromatic carbocycles. The van der Waals surface area contributed by atoms with Crippen LogP contribution in [-0.2, 0) is 16.0 Å². The Balaban J connectivity index is 1.79. The highest BCUT2D eigenvalue weighted by molar-refractivity contribution is 7.10. The van der Waals surface area contributed by atoms with Gasteiger partial charge in [0.25, 0.3) is 0 Å². The van der Waals surface area contributed by atoms with Crippen molar-refractivity contribution in [2.75, 3.05) is 4.90 Å². The Morgan fingerprint density at radius 3 is 2.47 bits per heavy atom. The van der Waals surface area contributed by atoms with E-state index in [1.807, 2.05) is 48.7 Å². The van der Waals surface area contributed by atoms with E-state index in [9.17, 15) is 9.59 Å². The number of hydrogen-bond donors (Lipinski definition) is 1. The lowest BCUT2D eigenvalue weighted by atomic mass is 10.00. The van der Waals surface area contributed by atoms with Crippen molar-refractivity contribution in [3.8, 4) is 0 Å². The molecule has 4 nitrogen and oxygen atoms in total. The quantitative estimate of drug-likeness (QED) is 0.511. The highest BCUT2D eigenvalue weighted by atomic mass is 32.1. The van der Waals surface area contributed by atoms with Crippen molar-refractivity contribution in [3.63, 3.8) is 0 Å². The van der Waals surface area contributed by atoms with Gasteiger partial charge in [-0.3, -0.25) is 14.5 Å². The van der Waals surface area contributed by atoms with Crippen LogP contribution in [0.15, 0.2) is 66.0 Å². The third kappa shape index (κ3) is 4.91. The van der Waals surface area contributed by atoms with Crippen LogP contribution >= 0.6 is 11.3 Å². The average Bonchev–Trinajstić information content (AvgIpc) is 3.48. The highest BCUT2D eigenvalue weighted by Gasteiger charge is 2.36. The Labute approximate surface area is 192 Å². The molecule has 1 aromatic heterocycles. The van der Waals surface area contributed by atoms with Gasteiger partial charge in [-0.25, -0.2) is 4.39 Å². The number of carbonyl (C=O) groups excluding carboxylic acids is 2. The fourth-order valence-corrected chi connectivity index (χ4v) is 5.04. The van der Waals surface area contributed by atoms with Crippen LogP contribution in [0.1, 0.15) is 47.7 Å². The molecule has 4 rings (SSSR count). The third-order valence-corrected chi connectivity index (χ3v) is 6.83. The molecule has 0 aliphatic heterocycles. The maximum absolute atomic E-state index is 15.0. The van der Waals surface area contributed by atoms with Gasteiger partial charge in [0.15, 0.2) is 0 Å². The van der Waals surface area contributed by atoms with Crippen molar-refractivity contribution in [3.05, 3.63) is 87.9 Å². The monoisotopic (exact) mass is 450 g/mol. The SMILES string of the molecule is Cc1ccccc1N(C(=O)Cc1cccs1)C(C(=O)NC1CCCC1)c1ccccc1F. The van der Waals surface area contributed by atoms with Crippen molar-refractivity contribution in [1.82, 2.24) is 5.32 Å². The van der Waals surface area contributed by atoms with E-state index in [2.05, 4.69) is 5.32 Å². The van der Waals surface area contributed by atoms with E-state index >= 15 is 4.39 Å². The zero-order valence-electron chi connectivity index (χ0n) is 18.1. The van der Waals surface area contributed by atoms with Crippen LogP contribution in [0.3, 0.4) is 0 Å². The molecule has 1 saturated carbocycles. The topological polar surface area (TPSA) is 49.4 Å². The molecule has 0 bridgehead atoms. The van der Waals surface area contributed by atoms with Gasteiger partial charge in [0.1, 0.15) is 11.9 Å². The number of halogens is 1. The van der Waals surface area contributed by atoms with Crippen LogP contribution in [0, 0.1) is 12.7 Å². The minimum Gasteiger partial charge on any atom is -0.351 e. The Bertz CT molecular complexity index is 1080. The Hall–Kier alpha value is -2.99. The van der Waals surface area contributed by atoms with Crippen LogP contribution in [0.2, 0.25) is 0 Å². The van der Waals surface area contributed by atoms with Gasteiger partial charge in [-0.2, -0.15) is 0 Å². The van der Waals surface area contributed by atoms with Gasteiger partial charge >= 0.3 is 0 Å². The lowest BCUT2D eigenvalue weighted by molar-refractivity contribution is -0.127. The summed E-state index contributed by atoms with van der Waals surface area (Å²) in [5, 5.41) is 5.01. The molecule has 0 spiro atoms. The van der Waals surface area contributed by atoms with E-state index in [1.165, 1.54) is 22.3 Å². The van der Waals surface area contributed by atoms with Crippen LogP contribution in [-0.4, -0.2) is 17.9 Å². The van der Waals surface area contributed by atoms with E-state index in [-0.39, 0.29) is 29.8 Å². The van der Waals surface area contributed by atoms with Crippen molar-refractivity contribution >= 4 is 28.8 Å². The lowest BCUT2D eigenvalue weighted by Crippen LogP contribution is -2.47. The van der Waals surface area contributed by atoms with Gasteiger partial charge in [0.05, 0.1) is 6.42 Å².